The highest BCUT2D eigenvalue weighted by atomic mass is 32.2. The van der Waals surface area contributed by atoms with E-state index >= 15 is 0 Å². The zero-order chi connectivity index (χ0) is 13.8. The van der Waals surface area contributed by atoms with Gasteiger partial charge in [-0.2, -0.15) is 5.10 Å². The van der Waals surface area contributed by atoms with Gasteiger partial charge in [0.05, 0.1) is 11.4 Å². The number of aryl methyl sites for hydroxylation is 2. The molecule has 102 valence electrons. The molecule has 2 rings (SSSR count). The summed E-state index contributed by atoms with van der Waals surface area (Å²) in [5.41, 5.74) is 10.6. The molecular weight excluding hydrogens is 254 g/mol. The van der Waals surface area contributed by atoms with Gasteiger partial charge in [-0.3, -0.25) is 0 Å². The standard InChI is InChI=1S/C15H21N3S/c1-4-11-9-12(5-2)18(17-11)14-7-6-8-15(19-3)13(14)10-16/h6-9H,4-5,10,16H2,1-3H3. The zero-order valence-corrected chi connectivity index (χ0v) is 12.6. The number of thioether (sulfide) groups is 1. The summed E-state index contributed by atoms with van der Waals surface area (Å²) < 4.78 is 2.06. The quantitative estimate of drug-likeness (QED) is 0.852. The largest absolute Gasteiger partial charge is 0.326 e. The highest BCUT2D eigenvalue weighted by molar-refractivity contribution is 7.98. The van der Waals surface area contributed by atoms with Crippen LogP contribution in [-0.2, 0) is 19.4 Å². The van der Waals surface area contributed by atoms with E-state index in [1.807, 2.05) is 0 Å². The summed E-state index contributed by atoms with van der Waals surface area (Å²) in [7, 11) is 0. The van der Waals surface area contributed by atoms with Gasteiger partial charge >= 0.3 is 0 Å². The number of benzene rings is 1. The maximum atomic E-state index is 5.94. The summed E-state index contributed by atoms with van der Waals surface area (Å²) in [6, 6.07) is 8.48. The van der Waals surface area contributed by atoms with Crippen molar-refractivity contribution in [3.63, 3.8) is 0 Å². The Labute approximate surface area is 119 Å². The van der Waals surface area contributed by atoms with E-state index in [4.69, 9.17) is 10.8 Å². The number of hydrogen-bond acceptors (Lipinski definition) is 3. The Morgan fingerprint density at radius 3 is 2.63 bits per heavy atom. The predicted octanol–water partition coefficient (Wildman–Crippen LogP) is 3.18. The first-order valence-electron chi connectivity index (χ1n) is 6.69. The van der Waals surface area contributed by atoms with Crippen LogP contribution in [0.5, 0.6) is 0 Å². The van der Waals surface area contributed by atoms with Crippen LogP contribution in [0, 0.1) is 0 Å². The first-order chi connectivity index (χ1) is 9.24. The summed E-state index contributed by atoms with van der Waals surface area (Å²) >= 11 is 1.73. The number of aromatic nitrogens is 2. The van der Waals surface area contributed by atoms with Gasteiger partial charge in [0.1, 0.15) is 0 Å². The third-order valence-corrected chi connectivity index (χ3v) is 4.14. The number of nitrogens with two attached hydrogens (primary N) is 1. The predicted molar refractivity (Wildman–Crippen MR) is 82.0 cm³/mol. The van der Waals surface area contributed by atoms with Crippen molar-refractivity contribution < 1.29 is 0 Å². The van der Waals surface area contributed by atoms with E-state index in [0.29, 0.717) is 6.54 Å². The fourth-order valence-electron chi connectivity index (χ4n) is 2.26. The van der Waals surface area contributed by atoms with Crippen molar-refractivity contribution in [3.05, 3.63) is 41.2 Å². The van der Waals surface area contributed by atoms with Crippen molar-refractivity contribution in [1.82, 2.24) is 9.78 Å². The van der Waals surface area contributed by atoms with Crippen LogP contribution < -0.4 is 5.73 Å². The summed E-state index contributed by atoms with van der Waals surface area (Å²) in [6.45, 7) is 4.83. The van der Waals surface area contributed by atoms with Crippen LogP contribution in [0.3, 0.4) is 0 Å². The Bertz CT molecular complexity index is 561. The van der Waals surface area contributed by atoms with E-state index in [9.17, 15) is 0 Å². The lowest BCUT2D eigenvalue weighted by Crippen LogP contribution is -2.09. The molecule has 0 radical (unpaired) electrons. The van der Waals surface area contributed by atoms with E-state index in [-0.39, 0.29) is 0 Å². The average Bonchev–Trinajstić information content (AvgIpc) is 2.89. The van der Waals surface area contributed by atoms with Gasteiger partial charge in [-0.15, -0.1) is 11.8 Å². The van der Waals surface area contributed by atoms with Gasteiger partial charge in [-0.25, -0.2) is 4.68 Å². The Balaban J connectivity index is 2.60. The van der Waals surface area contributed by atoms with Gasteiger partial charge in [0, 0.05) is 22.7 Å². The smallest absolute Gasteiger partial charge is 0.0704 e. The summed E-state index contributed by atoms with van der Waals surface area (Å²) in [6.07, 6.45) is 4.01. The lowest BCUT2D eigenvalue weighted by Gasteiger charge is -2.13. The molecule has 2 N–H and O–H groups in total. The molecule has 1 aromatic heterocycles. The van der Waals surface area contributed by atoms with Crippen molar-refractivity contribution >= 4 is 11.8 Å². The van der Waals surface area contributed by atoms with Gasteiger partial charge < -0.3 is 5.73 Å². The molecule has 2 aromatic rings. The van der Waals surface area contributed by atoms with Crippen molar-refractivity contribution in [3.8, 4) is 5.69 Å². The van der Waals surface area contributed by atoms with E-state index < -0.39 is 0 Å². The normalized spacial score (nSPS) is 10.9. The third-order valence-electron chi connectivity index (χ3n) is 3.32. The second-order valence-corrected chi connectivity index (χ2v) is 5.26. The molecule has 0 aliphatic rings. The molecule has 0 saturated heterocycles. The fourth-order valence-corrected chi connectivity index (χ4v) is 2.91. The molecule has 1 aromatic carbocycles. The molecule has 19 heavy (non-hydrogen) atoms. The van der Waals surface area contributed by atoms with Crippen molar-refractivity contribution in [1.29, 1.82) is 0 Å². The number of hydrogen-bond donors (Lipinski definition) is 1. The summed E-state index contributed by atoms with van der Waals surface area (Å²) in [4.78, 5) is 1.23. The summed E-state index contributed by atoms with van der Waals surface area (Å²) in [5.74, 6) is 0. The minimum atomic E-state index is 0.539. The van der Waals surface area contributed by atoms with Crippen LogP contribution in [0.1, 0.15) is 30.8 Å². The first-order valence-corrected chi connectivity index (χ1v) is 7.91. The molecule has 3 nitrogen and oxygen atoms in total. The molecule has 0 aliphatic heterocycles. The first kappa shape index (κ1) is 14.2. The molecule has 0 fully saturated rings. The van der Waals surface area contributed by atoms with Crippen LogP contribution in [-0.4, -0.2) is 16.0 Å². The molecule has 0 atom stereocenters. The molecular formula is C15H21N3S. The monoisotopic (exact) mass is 275 g/mol. The van der Waals surface area contributed by atoms with E-state index in [1.165, 1.54) is 16.2 Å². The number of nitrogens with zero attached hydrogens (tertiary/aromatic N) is 2. The lowest BCUT2D eigenvalue weighted by atomic mass is 10.1. The van der Waals surface area contributed by atoms with Gasteiger partial charge in [-0.1, -0.05) is 19.9 Å². The minimum Gasteiger partial charge on any atom is -0.326 e. The Hall–Kier alpha value is -1.26. The zero-order valence-electron chi connectivity index (χ0n) is 11.8. The molecule has 0 amide bonds. The maximum absolute atomic E-state index is 5.94. The second kappa shape index (κ2) is 6.26. The van der Waals surface area contributed by atoms with Crippen LogP contribution in [0.25, 0.3) is 5.69 Å². The molecule has 0 unspecified atom stereocenters. The van der Waals surface area contributed by atoms with E-state index in [1.54, 1.807) is 11.8 Å². The van der Waals surface area contributed by atoms with Gasteiger partial charge in [0.15, 0.2) is 0 Å². The van der Waals surface area contributed by atoms with Crippen molar-refractivity contribution in [2.24, 2.45) is 5.73 Å². The minimum absolute atomic E-state index is 0.539. The third kappa shape index (κ3) is 2.69. The van der Waals surface area contributed by atoms with Gasteiger partial charge in [0.25, 0.3) is 0 Å². The van der Waals surface area contributed by atoms with Crippen molar-refractivity contribution in [2.45, 2.75) is 38.1 Å². The SMILES string of the molecule is CCc1cc(CC)n(-c2cccc(SC)c2CN)n1. The van der Waals surface area contributed by atoms with Gasteiger partial charge in [-0.05, 0) is 37.3 Å². The topological polar surface area (TPSA) is 43.8 Å². The van der Waals surface area contributed by atoms with E-state index in [0.717, 1.165) is 24.2 Å². The highest BCUT2D eigenvalue weighted by Gasteiger charge is 2.12. The van der Waals surface area contributed by atoms with Crippen LogP contribution in [0.2, 0.25) is 0 Å². The van der Waals surface area contributed by atoms with Gasteiger partial charge in [0.2, 0.25) is 0 Å². The Kier molecular flexibility index (Phi) is 4.66. The number of rotatable bonds is 5. The summed E-state index contributed by atoms with van der Waals surface area (Å²) in [5, 5.41) is 4.71. The molecule has 0 saturated carbocycles. The van der Waals surface area contributed by atoms with Crippen molar-refractivity contribution in [2.75, 3.05) is 6.26 Å². The Morgan fingerprint density at radius 1 is 1.26 bits per heavy atom. The average molecular weight is 275 g/mol. The Morgan fingerprint density at radius 2 is 2.05 bits per heavy atom. The van der Waals surface area contributed by atoms with E-state index in [2.05, 4.69) is 49.1 Å². The molecule has 0 spiro atoms. The molecule has 0 bridgehead atoms. The second-order valence-electron chi connectivity index (χ2n) is 4.41. The highest BCUT2D eigenvalue weighted by Crippen LogP contribution is 2.26. The van der Waals surface area contributed by atoms with Crippen LogP contribution in [0.15, 0.2) is 29.2 Å². The maximum Gasteiger partial charge on any atom is 0.0704 e. The molecule has 1 heterocycles. The van der Waals surface area contributed by atoms with Crippen LogP contribution in [0.4, 0.5) is 0 Å². The molecule has 4 heteroatoms. The lowest BCUT2D eigenvalue weighted by molar-refractivity contribution is 0.778. The molecule has 0 aliphatic carbocycles. The van der Waals surface area contributed by atoms with Crippen LogP contribution >= 0.6 is 11.8 Å². The fraction of sp³-hybridized carbons (Fsp3) is 0.400.